The number of halogens is 1. The van der Waals surface area contributed by atoms with Gasteiger partial charge in [-0.2, -0.15) is 5.10 Å². The Hall–Kier alpha value is -3.48. The van der Waals surface area contributed by atoms with Crippen molar-refractivity contribution in [3.8, 4) is 11.6 Å². The number of hydrogen-bond donors (Lipinski definition) is 2. The van der Waals surface area contributed by atoms with Crippen molar-refractivity contribution >= 4 is 17.4 Å². The smallest absolute Gasteiger partial charge is 0.323 e. The van der Waals surface area contributed by atoms with Crippen molar-refractivity contribution < 1.29 is 13.9 Å². The van der Waals surface area contributed by atoms with Gasteiger partial charge in [0.2, 0.25) is 5.88 Å². The maximum atomic E-state index is 12.8. The third-order valence-electron chi connectivity index (χ3n) is 3.21. The summed E-state index contributed by atoms with van der Waals surface area (Å²) in [6.45, 7) is 1.84. The highest BCUT2D eigenvalue weighted by Gasteiger charge is 2.04. The Morgan fingerprint density at radius 1 is 0.880 bits per heavy atom. The molecule has 0 fully saturated rings. The van der Waals surface area contributed by atoms with Gasteiger partial charge in [-0.15, -0.1) is 5.10 Å². The molecular weight excluding hydrogens is 323 g/mol. The summed E-state index contributed by atoms with van der Waals surface area (Å²) in [5, 5.41) is 13.1. The third kappa shape index (κ3) is 4.74. The van der Waals surface area contributed by atoms with E-state index in [1.807, 2.05) is 6.92 Å². The highest BCUT2D eigenvalue weighted by Crippen LogP contribution is 2.21. The molecule has 25 heavy (non-hydrogen) atoms. The predicted molar refractivity (Wildman–Crippen MR) is 92.3 cm³/mol. The van der Waals surface area contributed by atoms with Crippen LogP contribution in [0.3, 0.4) is 0 Å². The fourth-order valence-corrected chi connectivity index (χ4v) is 1.99. The van der Waals surface area contributed by atoms with Crippen LogP contribution in [0, 0.1) is 12.7 Å². The zero-order valence-corrected chi connectivity index (χ0v) is 13.4. The maximum Gasteiger partial charge on any atom is 0.323 e. The van der Waals surface area contributed by atoms with Crippen LogP contribution in [0.4, 0.5) is 20.6 Å². The minimum absolute atomic E-state index is 0.361. The first-order valence-corrected chi connectivity index (χ1v) is 7.50. The Morgan fingerprint density at radius 3 is 2.04 bits per heavy atom. The Bertz CT molecular complexity index is 850. The Morgan fingerprint density at radius 2 is 1.48 bits per heavy atom. The lowest BCUT2D eigenvalue weighted by Crippen LogP contribution is -2.19. The quantitative estimate of drug-likeness (QED) is 0.741. The second-order valence-corrected chi connectivity index (χ2v) is 5.23. The fourth-order valence-electron chi connectivity index (χ4n) is 1.99. The Kier molecular flexibility index (Phi) is 4.84. The van der Waals surface area contributed by atoms with E-state index in [2.05, 4.69) is 20.8 Å². The van der Waals surface area contributed by atoms with Crippen LogP contribution in [0.15, 0.2) is 60.7 Å². The van der Waals surface area contributed by atoms with Crippen LogP contribution in [0.2, 0.25) is 0 Å². The van der Waals surface area contributed by atoms with Crippen LogP contribution < -0.4 is 15.4 Å². The van der Waals surface area contributed by atoms with Gasteiger partial charge in [-0.3, -0.25) is 0 Å². The molecule has 0 saturated carbocycles. The van der Waals surface area contributed by atoms with Gasteiger partial charge >= 0.3 is 6.03 Å². The molecular formula is C18H15FN4O2. The molecule has 0 aliphatic rings. The topological polar surface area (TPSA) is 76.1 Å². The SMILES string of the molecule is Cc1ccc(Oc2ccc(NC(=O)Nc3ccc(F)cc3)cc2)nn1. The highest BCUT2D eigenvalue weighted by molar-refractivity contribution is 5.99. The van der Waals surface area contributed by atoms with Crippen LogP contribution in [0.5, 0.6) is 11.6 Å². The number of aromatic nitrogens is 2. The molecule has 0 aliphatic heterocycles. The first-order valence-electron chi connectivity index (χ1n) is 7.50. The number of rotatable bonds is 4. The number of aryl methyl sites for hydroxylation is 1. The van der Waals surface area contributed by atoms with Crippen molar-refractivity contribution in [2.75, 3.05) is 10.6 Å². The van der Waals surface area contributed by atoms with E-state index in [1.165, 1.54) is 24.3 Å². The maximum absolute atomic E-state index is 12.8. The summed E-state index contributed by atoms with van der Waals surface area (Å²) in [4.78, 5) is 11.9. The monoisotopic (exact) mass is 338 g/mol. The lowest BCUT2D eigenvalue weighted by Gasteiger charge is -2.09. The molecule has 3 aromatic rings. The standard InChI is InChI=1S/C18H15FN4O2/c1-12-2-11-17(23-22-12)25-16-9-7-15(8-10-16)21-18(24)20-14-5-3-13(19)4-6-14/h2-11H,1H3,(H2,20,21,24). The normalized spacial score (nSPS) is 10.2. The molecule has 126 valence electrons. The lowest BCUT2D eigenvalue weighted by molar-refractivity contribution is 0.262. The number of hydrogen-bond acceptors (Lipinski definition) is 4. The van der Waals surface area contributed by atoms with Gasteiger partial charge in [0.1, 0.15) is 11.6 Å². The fraction of sp³-hybridized carbons (Fsp3) is 0.0556. The molecule has 0 atom stereocenters. The van der Waals surface area contributed by atoms with Crippen LogP contribution in [-0.4, -0.2) is 16.2 Å². The van der Waals surface area contributed by atoms with E-state index in [4.69, 9.17) is 4.74 Å². The highest BCUT2D eigenvalue weighted by atomic mass is 19.1. The molecule has 0 bridgehead atoms. The number of benzene rings is 2. The van der Waals surface area contributed by atoms with Crippen molar-refractivity contribution in [2.45, 2.75) is 6.92 Å². The van der Waals surface area contributed by atoms with Gasteiger partial charge in [0.25, 0.3) is 0 Å². The van der Waals surface area contributed by atoms with Gasteiger partial charge in [0, 0.05) is 17.4 Å². The van der Waals surface area contributed by atoms with E-state index in [0.717, 1.165) is 5.69 Å². The van der Waals surface area contributed by atoms with Crippen molar-refractivity contribution in [1.82, 2.24) is 10.2 Å². The molecule has 2 aromatic carbocycles. The molecule has 7 heteroatoms. The van der Waals surface area contributed by atoms with E-state index in [9.17, 15) is 9.18 Å². The van der Waals surface area contributed by atoms with Crippen LogP contribution in [0.1, 0.15) is 5.69 Å². The zero-order chi connectivity index (χ0) is 17.6. The van der Waals surface area contributed by atoms with Gasteiger partial charge in [-0.25, -0.2) is 9.18 Å². The van der Waals surface area contributed by atoms with E-state index in [1.54, 1.807) is 36.4 Å². The van der Waals surface area contributed by atoms with E-state index < -0.39 is 6.03 Å². The van der Waals surface area contributed by atoms with Crippen molar-refractivity contribution in [2.24, 2.45) is 0 Å². The Balaban J connectivity index is 1.57. The molecule has 6 nitrogen and oxygen atoms in total. The molecule has 3 rings (SSSR count). The van der Waals surface area contributed by atoms with E-state index in [-0.39, 0.29) is 5.82 Å². The van der Waals surface area contributed by atoms with E-state index in [0.29, 0.717) is 23.0 Å². The summed E-state index contributed by atoms with van der Waals surface area (Å²) in [5.74, 6) is 0.600. The molecule has 1 aromatic heterocycles. The number of ether oxygens (including phenoxy) is 1. The molecule has 1 heterocycles. The first-order chi connectivity index (χ1) is 12.1. The third-order valence-corrected chi connectivity index (χ3v) is 3.21. The minimum Gasteiger partial charge on any atom is -0.438 e. The van der Waals surface area contributed by atoms with Gasteiger partial charge < -0.3 is 15.4 Å². The van der Waals surface area contributed by atoms with Crippen molar-refractivity contribution in [1.29, 1.82) is 0 Å². The van der Waals surface area contributed by atoms with E-state index >= 15 is 0 Å². The number of urea groups is 1. The Labute approximate surface area is 143 Å². The summed E-state index contributed by atoms with van der Waals surface area (Å²) in [6.07, 6.45) is 0. The predicted octanol–water partition coefficient (Wildman–Crippen LogP) is 4.36. The number of anilines is 2. The molecule has 0 aliphatic carbocycles. The number of carbonyl (C=O) groups is 1. The summed E-state index contributed by atoms with van der Waals surface area (Å²) in [6, 6.07) is 15.4. The van der Waals surface area contributed by atoms with Crippen LogP contribution in [0.25, 0.3) is 0 Å². The summed E-state index contributed by atoms with van der Waals surface area (Å²) >= 11 is 0. The number of carbonyl (C=O) groups excluding carboxylic acids is 1. The second kappa shape index (κ2) is 7.39. The zero-order valence-electron chi connectivity index (χ0n) is 13.4. The van der Waals surface area contributed by atoms with Crippen LogP contribution >= 0.6 is 0 Å². The lowest BCUT2D eigenvalue weighted by atomic mass is 10.3. The minimum atomic E-state index is -0.426. The van der Waals surface area contributed by atoms with Gasteiger partial charge in [0.15, 0.2) is 0 Å². The van der Waals surface area contributed by atoms with Crippen molar-refractivity contribution in [3.05, 3.63) is 72.2 Å². The second-order valence-electron chi connectivity index (χ2n) is 5.23. The molecule has 0 radical (unpaired) electrons. The van der Waals surface area contributed by atoms with Crippen molar-refractivity contribution in [3.63, 3.8) is 0 Å². The average molecular weight is 338 g/mol. The molecule has 0 spiro atoms. The summed E-state index contributed by atoms with van der Waals surface area (Å²) in [5.41, 5.74) is 1.89. The molecule has 2 amide bonds. The summed E-state index contributed by atoms with van der Waals surface area (Å²) in [7, 11) is 0. The first kappa shape index (κ1) is 16.4. The number of amides is 2. The number of nitrogens with one attached hydrogen (secondary N) is 2. The number of nitrogens with zero attached hydrogens (tertiary/aromatic N) is 2. The average Bonchev–Trinajstić information content (AvgIpc) is 2.61. The van der Waals surface area contributed by atoms with Gasteiger partial charge in [-0.1, -0.05) is 0 Å². The van der Waals surface area contributed by atoms with Gasteiger partial charge in [0.05, 0.1) is 5.69 Å². The molecule has 0 saturated heterocycles. The van der Waals surface area contributed by atoms with Gasteiger partial charge in [-0.05, 0) is 61.5 Å². The molecule has 0 unspecified atom stereocenters. The largest absolute Gasteiger partial charge is 0.438 e. The van der Waals surface area contributed by atoms with Crippen LogP contribution in [-0.2, 0) is 0 Å². The summed E-state index contributed by atoms with van der Waals surface area (Å²) < 4.78 is 18.4. The molecule has 2 N–H and O–H groups in total.